The van der Waals surface area contributed by atoms with Gasteiger partial charge in [-0.25, -0.2) is 10.2 Å². The fourth-order valence-corrected chi connectivity index (χ4v) is 5.39. The van der Waals surface area contributed by atoms with Crippen molar-refractivity contribution in [1.82, 2.24) is 5.43 Å². The van der Waals surface area contributed by atoms with E-state index in [0.717, 1.165) is 43.4 Å². The number of hydrogen-bond acceptors (Lipinski definition) is 3. The lowest BCUT2D eigenvalue weighted by molar-refractivity contribution is -0.0449. The van der Waals surface area contributed by atoms with Crippen LogP contribution >= 0.6 is 0 Å². The Morgan fingerprint density at radius 2 is 2.05 bits per heavy atom. The topological polar surface area (TPSA) is 87.7 Å². The minimum Gasteiger partial charge on any atom is -0.385 e. The van der Waals surface area contributed by atoms with Crippen molar-refractivity contribution < 1.29 is 9.90 Å². The molecule has 0 aromatic heterocycles. The Bertz CT molecular complexity index is 568. The molecule has 0 spiro atoms. The van der Waals surface area contributed by atoms with Gasteiger partial charge in [-0.1, -0.05) is 26.3 Å². The standard InChI is InChI=1S/C17H27N3O2/c1-10-4-12-8-16(3)6-11(2)7-17(22,9-16)14(12)13(5-10)19-20-15(18)21/h10-11,22H,4-9H2,1-3H3,(H3,18,20,21)/t10-,11-,16-,17-/m1/s1. The van der Waals surface area contributed by atoms with Crippen LogP contribution in [-0.4, -0.2) is 22.5 Å². The lowest BCUT2D eigenvalue weighted by Crippen LogP contribution is -2.51. The molecule has 4 N–H and O–H groups in total. The SMILES string of the molecule is C[C@@H]1C[C@]2(C)CC3=C(C(=NNC(N)=O)C[C@H](C)C3)[C@@](O)(C1)C2. The van der Waals surface area contributed by atoms with Crippen molar-refractivity contribution in [1.29, 1.82) is 0 Å². The summed E-state index contributed by atoms with van der Waals surface area (Å²) < 4.78 is 0. The number of aliphatic hydroxyl groups is 1. The van der Waals surface area contributed by atoms with Gasteiger partial charge in [0.05, 0.1) is 11.3 Å². The molecule has 4 atom stereocenters. The smallest absolute Gasteiger partial charge is 0.332 e. The van der Waals surface area contributed by atoms with Gasteiger partial charge in [0.25, 0.3) is 0 Å². The monoisotopic (exact) mass is 305 g/mol. The molecule has 5 nitrogen and oxygen atoms in total. The quantitative estimate of drug-likeness (QED) is 0.650. The van der Waals surface area contributed by atoms with Crippen LogP contribution in [0, 0.1) is 17.3 Å². The van der Waals surface area contributed by atoms with E-state index in [1.165, 1.54) is 12.0 Å². The van der Waals surface area contributed by atoms with E-state index in [-0.39, 0.29) is 5.41 Å². The van der Waals surface area contributed by atoms with Gasteiger partial charge in [-0.05, 0) is 55.8 Å². The van der Waals surface area contributed by atoms with Crippen molar-refractivity contribution in [2.24, 2.45) is 28.1 Å². The van der Waals surface area contributed by atoms with Crippen LogP contribution in [0.15, 0.2) is 16.2 Å². The minimum absolute atomic E-state index is 0.185. The zero-order valence-corrected chi connectivity index (χ0v) is 13.8. The fourth-order valence-electron chi connectivity index (χ4n) is 5.39. The molecule has 0 radical (unpaired) electrons. The van der Waals surface area contributed by atoms with E-state index in [9.17, 15) is 9.90 Å². The van der Waals surface area contributed by atoms with Crippen molar-refractivity contribution in [3.63, 3.8) is 0 Å². The summed E-state index contributed by atoms with van der Waals surface area (Å²) in [7, 11) is 0. The predicted octanol–water partition coefficient (Wildman–Crippen LogP) is 2.70. The molecule has 3 aliphatic rings. The van der Waals surface area contributed by atoms with Gasteiger partial charge in [-0.2, -0.15) is 5.10 Å². The van der Waals surface area contributed by atoms with E-state index < -0.39 is 11.6 Å². The zero-order valence-electron chi connectivity index (χ0n) is 13.8. The number of carbonyl (C=O) groups is 1. The maximum atomic E-state index is 11.4. The maximum Gasteiger partial charge on any atom is 0.332 e. The second-order valence-corrected chi connectivity index (χ2v) is 8.24. The van der Waals surface area contributed by atoms with Crippen LogP contribution in [0.25, 0.3) is 0 Å². The predicted molar refractivity (Wildman–Crippen MR) is 86.3 cm³/mol. The summed E-state index contributed by atoms with van der Waals surface area (Å²) in [5, 5.41) is 15.6. The lowest BCUT2D eigenvalue weighted by Gasteiger charge is -2.54. The van der Waals surface area contributed by atoms with E-state index in [0.29, 0.717) is 11.8 Å². The van der Waals surface area contributed by atoms with Crippen molar-refractivity contribution in [3.8, 4) is 0 Å². The molecular formula is C17H27N3O2. The Labute approximate surface area is 132 Å². The van der Waals surface area contributed by atoms with Crippen molar-refractivity contribution in [2.45, 2.75) is 64.9 Å². The molecule has 0 aliphatic heterocycles. The summed E-state index contributed by atoms with van der Waals surface area (Å²) in [6.07, 6.45) is 5.60. The molecule has 5 heteroatoms. The summed E-state index contributed by atoms with van der Waals surface area (Å²) in [6.45, 7) is 6.72. The van der Waals surface area contributed by atoms with Gasteiger partial charge >= 0.3 is 6.03 Å². The first-order valence-corrected chi connectivity index (χ1v) is 8.28. The average Bonchev–Trinajstić information content (AvgIpc) is 2.31. The highest BCUT2D eigenvalue weighted by atomic mass is 16.3. The third-order valence-corrected chi connectivity index (χ3v) is 5.43. The van der Waals surface area contributed by atoms with Crippen molar-refractivity contribution in [2.75, 3.05) is 0 Å². The molecule has 0 heterocycles. The third-order valence-electron chi connectivity index (χ3n) is 5.43. The molecule has 122 valence electrons. The Hall–Kier alpha value is -1.36. The highest BCUT2D eigenvalue weighted by Gasteiger charge is 2.52. The Morgan fingerprint density at radius 3 is 2.73 bits per heavy atom. The number of hydrogen-bond donors (Lipinski definition) is 3. The van der Waals surface area contributed by atoms with E-state index >= 15 is 0 Å². The number of fused-ring (bicyclic) bond motifs is 3. The number of amides is 2. The summed E-state index contributed by atoms with van der Waals surface area (Å²) in [5.74, 6) is 0.984. The Kier molecular flexibility index (Phi) is 3.59. The third kappa shape index (κ3) is 2.67. The molecule has 2 bridgehead atoms. The van der Waals surface area contributed by atoms with Gasteiger partial charge in [0.2, 0.25) is 0 Å². The largest absolute Gasteiger partial charge is 0.385 e. The Balaban J connectivity index is 2.06. The number of rotatable bonds is 1. The van der Waals surface area contributed by atoms with Crippen molar-refractivity contribution >= 4 is 11.7 Å². The van der Waals surface area contributed by atoms with Gasteiger partial charge in [-0.3, -0.25) is 0 Å². The second kappa shape index (κ2) is 5.08. The van der Waals surface area contributed by atoms with E-state index in [1.54, 1.807) is 0 Å². The van der Waals surface area contributed by atoms with E-state index in [2.05, 4.69) is 31.3 Å². The molecule has 1 saturated carbocycles. The van der Waals surface area contributed by atoms with Gasteiger partial charge < -0.3 is 10.8 Å². The zero-order chi connectivity index (χ0) is 16.1. The van der Waals surface area contributed by atoms with E-state index in [4.69, 9.17) is 5.73 Å². The van der Waals surface area contributed by atoms with Gasteiger partial charge in [0, 0.05) is 5.57 Å². The van der Waals surface area contributed by atoms with Gasteiger partial charge in [0.15, 0.2) is 0 Å². The number of carbonyl (C=O) groups excluding carboxylic acids is 1. The molecule has 3 aliphatic carbocycles. The van der Waals surface area contributed by atoms with Crippen LogP contribution in [0.4, 0.5) is 4.79 Å². The number of allylic oxidation sites excluding steroid dienone is 1. The van der Waals surface area contributed by atoms with E-state index in [1.807, 2.05) is 0 Å². The molecule has 0 saturated heterocycles. The molecule has 2 amide bonds. The number of nitrogens with zero attached hydrogens (tertiary/aromatic N) is 1. The van der Waals surface area contributed by atoms with Crippen LogP contribution in [0.1, 0.15) is 59.3 Å². The number of urea groups is 1. The van der Waals surface area contributed by atoms with Crippen LogP contribution < -0.4 is 11.2 Å². The number of nitrogens with one attached hydrogen (secondary N) is 1. The minimum atomic E-state index is -0.793. The summed E-state index contributed by atoms with van der Waals surface area (Å²) in [6, 6.07) is -0.655. The Morgan fingerprint density at radius 1 is 1.32 bits per heavy atom. The fraction of sp³-hybridized carbons (Fsp3) is 0.765. The molecular weight excluding hydrogens is 278 g/mol. The van der Waals surface area contributed by atoms with Crippen LogP contribution in [0.3, 0.4) is 0 Å². The number of primary amides is 1. The average molecular weight is 305 g/mol. The van der Waals surface area contributed by atoms with Crippen LogP contribution in [0.2, 0.25) is 0 Å². The molecule has 1 fully saturated rings. The first-order chi connectivity index (χ1) is 10.2. The summed E-state index contributed by atoms with van der Waals surface area (Å²) >= 11 is 0. The van der Waals surface area contributed by atoms with Crippen LogP contribution in [0.5, 0.6) is 0 Å². The number of hydrazone groups is 1. The molecule has 22 heavy (non-hydrogen) atoms. The van der Waals surface area contributed by atoms with Gasteiger partial charge in [-0.15, -0.1) is 0 Å². The first-order valence-electron chi connectivity index (χ1n) is 8.28. The highest BCUT2D eigenvalue weighted by molar-refractivity contribution is 6.04. The molecule has 3 rings (SSSR count). The summed E-state index contributed by atoms with van der Waals surface area (Å²) in [4.78, 5) is 11.0. The molecule has 0 aromatic rings. The second-order valence-electron chi connectivity index (χ2n) is 8.24. The normalized spacial score (nSPS) is 43.0. The maximum absolute atomic E-state index is 11.4. The molecule has 0 aromatic carbocycles. The van der Waals surface area contributed by atoms with Gasteiger partial charge in [0.1, 0.15) is 0 Å². The first kappa shape index (κ1) is 15.5. The summed E-state index contributed by atoms with van der Waals surface area (Å²) in [5.41, 5.74) is 10.1. The number of nitrogens with two attached hydrogens (primary N) is 1. The van der Waals surface area contributed by atoms with Crippen LogP contribution in [-0.2, 0) is 0 Å². The molecule has 0 unspecified atom stereocenters. The highest BCUT2D eigenvalue weighted by Crippen LogP contribution is 2.57. The van der Waals surface area contributed by atoms with Crippen molar-refractivity contribution in [3.05, 3.63) is 11.1 Å². The lowest BCUT2D eigenvalue weighted by atomic mass is 9.54.